The molecule has 0 bridgehead atoms. The van der Waals surface area contributed by atoms with E-state index >= 15 is 0 Å². The summed E-state index contributed by atoms with van der Waals surface area (Å²) in [4.78, 5) is 21.4. The Balaban J connectivity index is 3.64. The van der Waals surface area contributed by atoms with Crippen LogP contribution in [0, 0.1) is 5.92 Å². The smallest absolute Gasteiger partial charge is 0.315 e. The minimum atomic E-state index is -0.935. The largest absolute Gasteiger partial charge is 0.481 e. The van der Waals surface area contributed by atoms with E-state index in [1.165, 1.54) is 6.92 Å². The molecule has 0 rings (SSSR count). The molecule has 0 aliphatic carbocycles. The first kappa shape index (κ1) is 13.0. The molecule has 0 radical (unpaired) electrons. The molecule has 0 aliphatic rings. The molecule has 80 valence electrons. The minimum absolute atomic E-state index is 0.107. The predicted molar refractivity (Wildman–Crippen MR) is 56.3 cm³/mol. The summed E-state index contributed by atoms with van der Waals surface area (Å²) in [6, 6.07) is -0.404. The van der Waals surface area contributed by atoms with Crippen molar-refractivity contribution in [1.82, 2.24) is 10.6 Å². The molecular formula is C8H13BrN2O3. The number of nitrogens with one attached hydrogen (secondary N) is 2. The molecule has 0 aliphatic heterocycles. The van der Waals surface area contributed by atoms with Crippen LogP contribution in [0.25, 0.3) is 0 Å². The Hall–Kier alpha value is -1.04. The fourth-order valence-corrected chi connectivity index (χ4v) is 0.712. The number of carboxylic acid groups (broad SMARTS) is 1. The van der Waals surface area contributed by atoms with E-state index in [1.54, 1.807) is 0 Å². The number of rotatable bonds is 5. The van der Waals surface area contributed by atoms with Gasteiger partial charge in [-0.25, -0.2) is 4.79 Å². The molecule has 0 spiro atoms. The highest BCUT2D eigenvalue weighted by Gasteiger charge is 2.11. The van der Waals surface area contributed by atoms with Gasteiger partial charge in [0.25, 0.3) is 0 Å². The van der Waals surface area contributed by atoms with Gasteiger partial charge in [-0.1, -0.05) is 29.4 Å². The molecule has 0 aromatic carbocycles. The SMILES string of the molecule is C=C(Br)CNC(=O)NCC(C)C(=O)O. The summed E-state index contributed by atoms with van der Waals surface area (Å²) < 4.78 is 0.652. The van der Waals surface area contributed by atoms with Crippen LogP contribution in [0.1, 0.15) is 6.92 Å². The topological polar surface area (TPSA) is 78.4 Å². The Morgan fingerprint density at radius 2 is 2.07 bits per heavy atom. The number of aliphatic carboxylic acids is 1. The number of urea groups is 1. The van der Waals surface area contributed by atoms with Gasteiger partial charge < -0.3 is 15.7 Å². The molecule has 0 heterocycles. The highest BCUT2D eigenvalue weighted by molar-refractivity contribution is 9.11. The Morgan fingerprint density at radius 1 is 1.50 bits per heavy atom. The van der Waals surface area contributed by atoms with Gasteiger partial charge in [0.05, 0.1) is 12.5 Å². The first-order chi connectivity index (χ1) is 6.43. The molecule has 5 nitrogen and oxygen atoms in total. The van der Waals surface area contributed by atoms with Gasteiger partial charge in [-0.3, -0.25) is 4.79 Å². The summed E-state index contributed by atoms with van der Waals surface area (Å²) in [5, 5.41) is 13.4. The third-order valence-electron chi connectivity index (χ3n) is 1.43. The second kappa shape index (κ2) is 6.42. The summed E-state index contributed by atoms with van der Waals surface area (Å²) in [5.41, 5.74) is 0. The van der Waals surface area contributed by atoms with Crippen LogP contribution in [0.2, 0.25) is 0 Å². The van der Waals surface area contributed by atoms with Crippen molar-refractivity contribution in [3.63, 3.8) is 0 Å². The van der Waals surface area contributed by atoms with Crippen LogP contribution >= 0.6 is 15.9 Å². The van der Waals surface area contributed by atoms with Crippen LogP contribution in [0.4, 0.5) is 4.79 Å². The molecule has 6 heteroatoms. The second-order valence-corrected chi connectivity index (χ2v) is 3.94. The van der Waals surface area contributed by atoms with Crippen LogP contribution in [0.5, 0.6) is 0 Å². The molecule has 0 fully saturated rings. The van der Waals surface area contributed by atoms with Crippen molar-refractivity contribution in [3.05, 3.63) is 11.1 Å². The molecule has 0 saturated heterocycles. The highest BCUT2D eigenvalue weighted by atomic mass is 79.9. The Morgan fingerprint density at radius 3 is 2.50 bits per heavy atom. The maximum absolute atomic E-state index is 11.0. The first-order valence-electron chi connectivity index (χ1n) is 4.01. The van der Waals surface area contributed by atoms with E-state index < -0.39 is 17.9 Å². The van der Waals surface area contributed by atoms with Gasteiger partial charge in [-0.05, 0) is 0 Å². The molecule has 1 atom stereocenters. The van der Waals surface area contributed by atoms with Crippen molar-refractivity contribution in [2.45, 2.75) is 6.92 Å². The van der Waals surface area contributed by atoms with Gasteiger partial charge in [-0.2, -0.15) is 0 Å². The van der Waals surface area contributed by atoms with Crippen molar-refractivity contribution in [2.75, 3.05) is 13.1 Å². The summed E-state index contributed by atoms with van der Waals surface area (Å²) >= 11 is 3.08. The van der Waals surface area contributed by atoms with Crippen molar-refractivity contribution >= 4 is 27.9 Å². The average Bonchev–Trinajstić information content (AvgIpc) is 2.10. The van der Waals surface area contributed by atoms with Crippen LogP contribution in [0.15, 0.2) is 11.1 Å². The second-order valence-electron chi connectivity index (χ2n) is 2.82. The number of carbonyl (C=O) groups excluding carboxylic acids is 1. The summed E-state index contributed by atoms with van der Waals surface area (Å²) in [5.74, 6) is -1.52. The van der Waals surface area contributed by atoms with Crippen molar-refractivity contribution < 1.29 is 14.7 Å². The molecule has 2 amide bonds. The molecule has 0 aromatic rings. The molecule has 3 N–H and O–H groups in total. The lowest BCUT2D eigenvalue weighted by atomic mass is 10.2. The standard InChI is InChI=1S/C8H13BrN2O3/c1-5(7(12)13)3-10-8(14)11-4-6(2)9/h5H,2-4H2,1H3,(H,12,13)(H2,10,11,14). The van der Waals surface area contributed by atoms with Crippen molar-refractivity contribution in [1.29, 1.82) is 0 Å². The zero-order chi connectivity index (χ0) is 11.1. The van der Waals surface area contributed by atoms with Crippen LogP contribution in [0.3, 0.4) is 0 Å². The number of halogens is 1. The van der Waals surface area contributed by atoms with Gasteiger partial charge in [-0.15, -0.1) is 0 Å². The van der Waals surface area contributed by atoms with Crippen LogP contribution < -0.4 is 10.6 Å². The van der Waals surface area contributed by atoms with Gasteiger partial charge in [0.15, 0.2) is 0 Å². The van der Waals surface area contributed by atoms with Gasteiger partial charge >= 0.3 is 12.0 Å². The van der Waals surface area contributed by atoms with E-state index in [1.807, 2.05) is 0 Å². The molecule has 0 saturated carbocycles. The lowest BCUT2D eigenvalue weighted by Crippen LogP contribution is -2.39. The summed E-state index contributed by atoms with van der Waals surface area (Å²) in [6.45, 7) is 5.47. The lowest BCUT2D eigenvalue weighted by Gasteiger charge is -2.09. The van der Waals surface area contributed by atoms with E-state index in [0.717, 1.165) is 0 Å². The predicted octanol–water partition coefficient (Wildman–Crippen LogP) is 0.915. The van der Waals surface area contributed by atoms with E-state index in [9.17, 15) is 9.59 Å². The molecular weight excluding hydrogens is 252 g/mol. The fourth-order valence-electron chi connectivity index (χ4n) is 0.572. The van der Waals surface area contributed by atoms with E-state index in [-0.39, 0.29) is 6.54 Å². The van der Waals surface area contributed by atoms with Gasteiger partial charge in [0, 0.05) is 11.0 Å². The number of hydrogen-bond donors (Lipinski definition) is 3. The van der Waals surface area contributed by atoms with Crippen molar-refractivity contribution in [2.24, 2.45) is 5.92 Å². The zero-order valence-corrected chi connectivity index (χ0v) is 9.43. The third kappa shape index (κ3) is 6.47. The van der Waals surface area contributed by atoms with Gasteiger partial charge in [0.1, 0.15) is 0 Å². The molecule has 14 heavy (non-hydrogen) atoms. The number of hydrogen-bond acceptors (Lipinski definition) is 2. The Labute approximate surface area is 90.7 Å². The maximum Gasteiger partial charge on any atom is 0.315 e. The monoisotopic (exact) mass is 264 g/mol. The average molecular weight is 265 g/mol. The summed E-state index contributed by atoms with van der Waals surface area (Å²) in [7, 11) is 0. The number of carbonyl (C=O) groups is 2. The lowest BCUT2D eigenvalue weighted by molar-refractivity contribution is -0.140. The van der Waals surface area contributed by atoms with E-state index in [2.05, 4.69) is 33.1 Å². The van der Waals surface area contributed by atoms with Crippen molar-refractivity contribution in [3.8, 4) is 0 Å². The maximum atomic E-state index is 11.0. The quantitative estimate of drug-likeness (QED) is 0.691. The fraction of sp³-hybridized carbons (Fsp3) is 0.500. The third-order valence-corrected chi connectivity index (χ3v) is 1.71. The normalized spacial score (nSPS) is 11.6. The first-order valence-corrected chi connectivity index (χ1v) is 4.80. The zero-order valence-electron chi connectivity index (χ0n) is 7.84. The van der Waals surface area contributed by atoms with Crippen LogP contribution in [-0.4, -0.2) is 30.2 Å². The Bertz CT molecular complexity index is 243. The highest BCUT2D eigenvalue weighted by Crippen LogP contribution is 1.96. The molecule has 1 unspecified atom stereocenters. The van der Waals surface area contributed by atoms with Gasteiger partial charge in [0.2, 0.25) is 0 Å². The number of carboxylic acids is 1. The molecule has 0 aromatic heterocycles. The van der Waals surface area contributed by atoms with E-state index in [0.29, 0.717) is 11.0 Å². The number of amides is 2. The summed E-state index contributed by atoms with van der Waals surface area (Å²) in [6.07, 6.45) is 0. The minimum Gasteiger partial charge on any atom is -0.481 e. The Kier molecular flexibility index (Phi) is 5.94. The van der Waals surface area contributed by atoms with E-state index in [4.69, 9.17) is 5.11 Å². The van der Waals surface area contributed by atoms with Crippen LogP contribution in [-0.2, 0) is 4.79 Å².